The van der Waals surface area contributed by atoms with Gasteiger partial charge in [0.15, 0.2) is 17.7 Å². The van der Waals surface area contributed by atoms with Crippen LogP contribution in [0.2, 0.25) is 0 Å². The van der Waals surface area contributed by atoms with Crippen LogP contribution in [0, 0.1) is 5.92 Å². The molecule has 0 spiro atoms. The van der Waals surface area contributed by atoms with E-state index in [1.54, 1.807) is 32.9 Å². The van der Waals surface area contributed by atoms with Crippen LogP contribution >= 0.6 is 0 Å². The number of ether oxygens (including phenoxy) is 4. The Kier molecular flexibility index (Phi) is 4.59. The minimum atomic E-state index is -1.37. The molecule has 21 heavy (non-hydrogen) atoms. The SMILES string of the molecule is [2H]C1(C/C=C/[C@@H]2COC(C)(C)O[C@]2(CC)C(=O)O)OCCO1. The summed E-state index contributed by atoms with van der Waals surface area (Å²) < 4.78 is 29.7. The highest BCUT2D eigenvalue weighted by Gasteiger charge is 2.52. The van der Waals surface area contributed by atoms with E-state index >= 15 is 0 Å². The van der Waals surface area contributed by atoms with E-state index in [1.807, 2.05) is 0 Å². The lowest BCUT2D eigenvalue weighted by atomic mass is 9.83. The van der Waals surface area contributed by atoms with Gasteiger partial charge in [0.2, 0.25) is 0 Å². The molecule has 2 fully saturated rings. The molecular formula is C15H24O6. The first-order valence-corrected chi connectivity index (χ1v) is 7.25. The van der Waals surface area contributed by atoms with Gasteiger partial charge in [0.05, 0.1) is 21.2 Å². The molecule has 0 aromatic rings. The Bertz CT molecular complexity index is 443. The van der Waals surface area contributed by atoms with Gasteiger partial charge in [-0.05, 0) is 20.3 Å². The second-order valence-electron chi connectivity index (χ2n) is 5.67. The van der Waals surface area contributed by atoms with Gasteiger partial charge in [0, 0.05) is 12.3 Å². The van der Waals surface area contributed by atoms with Gasteiger partial charge in [-0.3, -0.25) is 0 Å². The van der Waals surface area contributed by atoms with Crippen LogP contribution in [0.25, 0.3) is 0 Å². The van der Waals surface area contributed by atoms with Crippen LogP contribution in [0.3, 0.4) is 0 Å². The largest absolute Gasteiger partial charge is 0.479 e. The van der Waals surface area contributed by atoms with Crippen LogP contribution in [-0.2, 0) is 23.7 Å². The van der Waals surface area contributed by atoms with Crippen molar-refractivity contribution < 1.29 is 30.2 Å². The van der Waals surface area contributed by atoms with Crippen molar-refractivity contribution in [3.05, 3.63) is 12.2 Å². The standard InChI is InChI=1S/C15H24O6/c1-4-15(13(16)17)11(10-20-14(2,3)21-15)6-5-7-12-18-8-9-19-12/h5-6,11-12H,4,7-10H2,1-3H3,(H,16,17)/b6-5+/t11-,15+/m1/s1/i12D. The van der Waals surface area contributed by atoms with Gasteiger partial charge in [0.25, 0.3) is 0 Å². The van der Waals surface area contributed by atoms with Crippen LogP contribution < -0.4 is 0 Å². The highest BCUT2D eigenvalue weighted by atomic mass is 16.7. The monoisotopic (exact) mass is 301 g/mol. The molecule has 2 atom stereocenters. The van der Waals surface area contributed by atoms with Crippen LogP contribution in [0.1, 0.15) is 35.0 Å². The minimum Gasteiger partial charge on any atom is -0.479 e. The predicted octanol–water partition coefficient (Wildman–Crippen LogP) is 1.94. The normalized spacial score (nSPS) is 35.8. The number of aliphatic carboxylic acids is 1. The number of carboxylic acids is 1. The number of hydrogen-bond donors (Lipinski definition) is 1. The molecule has 6 nitrogen and oxygen atoms in total. The highest BCUT2D eigenvalue weighted by Crippen LogP contribution is 2.38. The zero-order valence-corrected chi connectivity index (χ0v) is 12.8. The Balaban J connectivity index is 2.11. The van der Waals surface area contributed by atoms with Crippen LogP contribution in [0.5, 0.6) is 0 Å². The fraction of sp³-hybridized carbons (Fsp3) is 0.800. The van der Waals surface area contributed by atoms with Crippen molar-refractivity contribution in [3.63, 3.8) is 0 Å². The van der Waals surface area contributed by atoms with Gasteiger partial charge in [-0.1, -0.05) is 19.1 Å². The van der Waals surface area contributed by atoms with Gasteiger partial charge >= 0.3 is 5.97 Å². The predicted molar refractivity (Wildman–Crippen MR) is 74.7 cm³/mol. The van der Waals surface area contributed by atoms with Crippen molar-refractivity contribution in [3.8, 4) is 0 Å². The van der Waals surface area contributed by atoms with Crippen LogP contribution in [0.4, 0.5) is 0 Å². The van der Waals surface area contributed by atoms with Gasteiger partial charge in [-0.2, -0.15) is 0 Å². The summed E-state index contributed by atoms with van der Waals surface area (Å²) in [4.78, 5) is 11.8. The molecule has 2 heterocycles. The second kappa shape index (κ2) is 6.44. The van der Waals surface area contributed by atoms with E-state index in [9.17, 15) is 9.90 Å². The molecule has 0 aromatic carbocycles. The van der Waals surface area contributed by atoms with E-state index in [4.69, 9.17) is 20.3 Å². The van der Waals surface area contributed by atoms with Crippen molar-refractivity contribution in [1.29, 1.82) is 0 Å². The lowest BCUT2D eigenvalue weighted by Gasteiger charge is -2.46. The van der Waals surface area contributed by atoms with Crippen molar-refractivity contribution >= 4 is 5.97 Å². The molecule has 0 aliphatic carbocycles. The van der Waals surface area contributed by atoms with E-state index in [-0.39, 0.29) is 13.0 Å². The maximum atomic E-state index is 11.8. The Hall–Kier alpha value is -0.950. The van der Waals surface area contributed by atoms with Gasteiger partial charge in [-0.25, -0.2) is 4.79 Å². The molecule has 0 aromatic heterocycles. The maximum Gasteiger partial charge on any atom is 0.336 e. The van der Waals surface area contributed by atoms with E-state index in [1.165, 1.54) is 0 Å². The van der Waals surface area contributed by atoms with E-state index < -0.39 is 29.5 Å². The van der Waals surface area contributed by atoms with Gasteiger partial charge < -0.3 is 24.1 Å². The molecule has 2 aliphatic heterocycles. The maximum absolute atomic E-state index is 11.8. The highest BCUT2D eigenvalue weighted by molar-refractivity contribution is 5.78. The molecule has 2 aliphatic rings. The first kappa shape index (κ1) is 15.0. The average molecular weight is 301 g/mol. The molecule has 0 saturated carbocycles. The minimum absolute atomic E-state index is 0.228. The Morgan fingerprint density at radius 3 is 2.67 bits per heavy atom. The molecule has 2 rings (SSSR count). The van der Waals surface area contributed by atoms with E-state index in [0.717, 1.165) is 0 Å². The fourth-order valence-corrected chi connectivity index (χ4v) is 2.67. The summed E-state index contributed by atoms with van der Waals surface area (Å²) in [6, 6.07) is 0. The molecule has 0 unspecified atom stereocenters. The lowest BCUT2D eigenvalue weighted by molar-refractivity contribution is -0.320. The van der Waals surface area contributed by atoms with Gasteiger partial charge in [-0.15, -0.1) is 0 Å². The number of rotatable bonds is 5. The van der Waals surface area contributed by atoms with Crippen molar-refractivity contribution in [2.24, 2.45) is 5.92 Å². The van der Waals surface area contributed by atoms with Crippen molar-refractivity contribution in [2.75, 3.05) is 19.8 Å². The lowest BCUT2D eigenvalue weighted by Crippen LogP contribution is -2.58. The molecule has 6 heteroatoms. The average Bonchev–Trinajstić information content (AvgIpc) is 2.86. The van der Waals surface area contributed by atoms with Crippen molar-refractivity contribution in [2.45, 2.75) is 51.3 Å². The Labute approximate surface area is 126 Å². The molecular weight excluding hydrogens is 276 g/mol. The van der Waals surface area contributed by atoms with Crippen LogP contribution in [0.15, 0.2) is 12.2 Å². The molecule has 120 valence electrons. The summed E-state index contributed by atoms with van der Waals surface area (Å²) >= 11 is 0. The second-order valence-corrected chi connectivity index (χ2v) is 5.67. The third kappa shape index (κ3) is 3.63. The first-order chi connectivity index (χ1) is 10.2. The van der Waals surface area contributed by atoms with E-state index in [2.05, 4.69) is 0 Å². The number of carbonyl (C=O) groups is 1. The topological polar surface area (TPSA) is 74.2 Å². The van der Waals surface area contributed by atoms with E-state index in [0.29, 0.717) is 19.6 Å². The molecule has 2 saturated heterocycles. The molecule has 1 N–H and O–H groups in total. The zero-order valence-electron chi connectivity index (χ0n) is 13.8. The quantitative estimate of drug-likeness (QED) is 0.782. The fourth-order valence-electron chi connectivity index (χ4n) is 2.67. The molecule has 0 radical (unpaired) electrons. The number of carboxylic acid groups (broad SMARTS) is 1. The summed E-state index contributed by atoms with van der Waals surface area (Å²) in [6.07, 6.45) is 2.62. The summed E-state index contributed by atoms with van der Waals surface area (Å²) in [5.74, 6) is -2.38. The van der Waals surface area contributed by atoms with Gasteiger partial charge in [0.1, 0.15) is 0 Å². The molecule has 0 bridgehead atoms. The summed E-state index contributed by atoms with van der Waals surface area (Å²) in [5, 5.41) is 9.65. The number of hydrogen-bond acceptors (Lipinski definition) is 5. The smallest absolute Gasteiger partial charge is 0.336 e. The summed E-state index contributed by atoms with van der Waals surface area (Å²) in [7, 11) is 0. The third-order valence-corrected chi connectivity index (χ3v) is 3.79. The first-order valence-electron chi connectivity index (χ1n) is 7.75. The molecule has 0 amide bonds. The zero-order chi connectivity index (χ0) is 16.4. The Morgan fingerprint density at radius 1 is 1.43 bits per heavy atom. The third-order valence-electron chi connectivity index (χ3n) is 3.79. The van der Waals surface area contributed by atoms with Crippen molar-refractivity contribution in [1.82, 2.24) is 0 Å². The Morgan fingerprint density at radius 2 is 2.10 bits per heavy atom. The summed E-state index contributed by atoms with van der Waals surface area (Å²) in [5.41, 5.74) is -1.33. The van der Waals surface area contributed by atoms with Crippen LogP contribution in [-0.4, -0.2) is 48.6 Å². The summed E-state index contributed by atoms with van der Waals surface area (Å²) in [6.45, 7) is 6.24.